The molecule has 1 atom stereocenters. The van der Waals surface area contributed by atoms with Crippen molar-refractivity contribution in [2.75, 3.05) is 46.4 Å². The SMILES string of the molecule is CC(C)C(=O)N(C)CCN(C1CCOCC1)C1CCN(C(=O)C2CC2)C1. The number of likely N-dealkylation sites (N-methyl/N-ethyl adjacent to an activating group) is 1. The lowest BCUT2D eigenvalue weighted by atomic mass is 10.0. The quantitative estimate of drug-likeness (QED) is 0.688. The molecule has 148 valence electrons. The molecule has 2 heterocycles. The van der Waals surface area contributed by atoms with Gasteiger partial charge in [0.2, 0.25) is 11.8 Å². The van der Waals surface area contributed by atoms with E-state index >= 15 is 0 Å². The molecule has 3 fully saturated rings. The topological polar surface area (TPSA) is 53.1 Å². The summed E-state index contributed by atoms with van der Waals surface area (Å²) in [4.78, 5) is 31.1. The highest BCUT2D eigenvalue weighted by Crippen LogP contribution is 2.33. The zero-order valence-electron chi connectivity index (χ0n) is 16.7. The van der Waals surface area contributed by atoms with Crippen molar-refractivity contribution in [1.29, 1.82) is 0 Å². The first-order valence-electron chi connectivity index (χ1n) is 10.3. The molecule has 26 heavy (non-hydrogen) atoms. The van der Waals surface area contributed by atoms with Gasteiger partial charge in [0.15, 0.2) is 0 Å². The van der Waals surface area contributed by atoms with Crippen molar-refractivity contribution in [2.24, 2.45) is 11.8 Å². The molecule has 0 aromatic carbocycles. The molecule has 0 spiro atoms. The summed E-state index contributed by atoms with van der Waals surface area (Å²) in [5, 5.41) is 0. The van der Waals surface area contributed by atoms with Crippen molar-refractivity contribution in [2.45, 2.75) is 58.0 Å². The molecule has 2 amide bonds. The Bertz CT molecular complexity index is 501. The fourth-order valence-electron chi connectivity index (χ4n) is 4.30. The Labute approximate surface area is 157 Å². The largest absolute Gasteiger partial charge is 0.381 e. The van der Waals surface area contributed by atoms with E-state index in [1.54, 1.807) is 0 Å². The van der Waals surface area contributed by atoms with E-state index < -0.39 is 0 Å². The van der Waals surface area contributed by atoms with Crippen molar-refractivity contribution in [3.63, 3.8) is 0 Å². The average molecular weight is 366 g/mol. The summed E-state index contributed by atoms with van der Waals surface area (Å²) in [6.45, 7) is 8.92. The lowest BCUT2D eigenvalue weighted by Crippen LogP contribution is -2.50. The molecule has 1 unspecified atom stereocenters. The van der Waals surface area contributed by atoms with E-state index in [1.165, 1.54) is 0 Å². The van der Waals surface area contributed by atoms with Crippen LogP contribution in [0, 0.1) is 11.8 Å². The van der Waals surface area contributed by atoms with Crippen LogP contribution < -0.4 is 0 Å². The number of ether oxygens (including phenoxy) is 1. The predicted octanol–water partition coefficient (Wildman–Crippen LogP) is 1.59. The van der Waals surface area contributed by atoms with Gasteiger partial charge < -0.3 is 14.5 Å². The Hall–Kier alpha value is -1.14. The van der Waals surface area contributed by atoms with Crippen molar-refractivity contribution in [3.05, 3.63) is 0 Å². The summed E-state index contributed by atoms with van der Waals surface area (Å²) in [7, 11) is 1.90. The van der Waals surface area contributed by atoms with Crippen LogP contribution in [-0.4, -0.2) is 85.0 Å². The van der Waals surface area contributed by atoms with Gasteiger partial charge in [-0.05, 0) is 32.1 Å². The van der Waals surface area contributed by atoms with E-state index in [1.807, 2.05) is 25.8 Å². The average Bonchev–Trinajstić information content (AvgIpc) is 3.39. The molecule has 3 rings (SSSR count). The van der Waals surface area contributed by atoms with Crippen molar-refractivity contribution in [3.8, 4) is 0 Å². The summed E-state index contributed by atoms with van der Waals surface area (Å²) in [5.41, 5.74) is 0. The second-order valence-electron chi connectivity index (χ2n) is 8.50. The number of nitrogens with zero attached hydrogens (tertiary/aromatic N) is 3. The van der Waals surface area contributed by atoms with Crippen LogP contribution in [0.15, 0.2) is 0 Å². The van der Waals surface area contributed by atoms with Crippen LogP contribution in [0.3, 0.4) is 0 Å². The molecule has 6 nitrogen and oxygen atoms in total. The molecule has 1 aliphatic carbocycles. The molecule has 0 aromatic heterocycles. The summed E-state index contributed by atoms with van der Waals surface area (Å²) in [6.07, 6.45) is 5.30. The summed E-state index contributed by atoms with van der Waals surface area (Å²) in [5.74, 6) is 0.912. The lowest BCUT2D eigenvalue weighted by Gasteiger charge is -2.39. The van der Waals surface area contributed by atoms with Gasteiger partial charge in [-0.15, -0.1) is 0 Å². The minimum atomic E-state index is 0.0367. The zero-order chi connectivity index (χ0) is 18.7. The Kier molecular flexibility index (Phi) is 6.56. The first kappa shape index (κ1) is 19.6. The van der Waals surface area contributed by atoms with E-state index in [-0.39, 0.29) is 11.8 Å². The number of amides is 2. The maximum atomic E-state index is 12.4. The molecule has 1 saturated carbocycles. The maximum Gasteiger partial charge on any atom is 0.225 e. The monoisotopic (exact) mass is 365 g/mol. The Morgan fingerprint density at radius 2 is 1.73 bits per heavy atom. The highest BCUT2D eigenvalue weighted by atomic mass is 16.5. The van der Waals surface area contributed by atoms with Gasteiger partial charge in [-0.1, -0.05) is 13.8 Å². The number of hydrogen-bond acceptors (Lipinski definition) is 4. The molecule has 0 N–H and O–H groups in total. The van der Waals surface area contributed by atoms with Gasteiger partial charge in [-0.3, -0.25) is 14.5 Å². The smallest absolute Gasteiger partial charge is 0.225 e. The number of carbonyl (C=O) groups is 2. The highest BCUT2D eigenvalue weighted by molar-refractivity contribution is 5.81. The lowest BCUT2D eigenvalue weighted by molar-refractivity contribution is -0.133. The van der Waals surface area contributed by atoms with Crippen LogP contribution in [0.4, 0.5) is 0 Å². The van der Waals surface area contributed by atoms with E-state index in [9.17, 15) is 9.59 Å². The van der Waals surface area contributed by atoms with Crippen LogP contribution in [0.5, 0.6) is 0 Å². The van der Waals surface area contributed by atoms with Crippen LogP contribution in [-0.2, 0) is 14.3 Å². The van der Waals surface area contributed by atoms with Gasteiger partial charge in [0.05, 0.1) is 0 Å². The standard InChI is InChI=1S/C20H35N3O3/c1-15(2)19(24)21(3)10-11-23(17-7-12-26-13-8-17)18-6-9-22(14-18)20(25)16-4-5-16/h15-18H,4-14H2,1-3H3. The van der Waals surface area contributed by atoms with E-state index in [0.29, 0.717) is 23.9 Å². The third-order valence-corrected chi connectivity index (χ3v) is 6.09. The minimum Gasteiger partial charge on any atom is -0.381 e. The van der Waals surface area contributed by atoms with Gasteiger partial charge in [-0.2, -0.15) is 0 Å². The van der Waals surface area contributed by atoms with Gasteiger partial charge in [-0.25, -0.2) is 0 Å². The van der Waals surface area contributed by atoms with Crippen LogP contribution in [0.25, 0.3) is 0 Å². The number of carbonyl (C=O) groups excluding carboxylic acids is 2. The molecule has 2 aliphatic heterocycles. The summed E-state index contributed by atoms with van der Waals surface area (Å²) >= 11 is 0. The fraction of sp³-hybridized carbons (Fsp3) is 0.900. The third-order valence-electron chi connectivity index (χ3n) is 6.09. The number of hydrogen-bond donors (Lipinski definition) is 0. The number of likely N-dealkylation sites (tertiary alicyclic amines) is 1. The molecular weight excluding hydrogens is 330 g/mol. The number of rotatable bonds is 7. The van der Waals surface area contributed by atoms with E-state index in [0.717, 1.165) is 71.5 Å². The van der Waals surface area contributed by atoms with Crippen molar-refractivity contribution in [1.82, 2.24) is 14.7 Å². The van der Waals surface area contributed by atoms with Crippen LogP contribution in [0.1, 0.15) is 46.0 Å². The second-order valence-corrected chi connectivity index (χ2v) is 8.50. The Morgan fingerprint density at radius 1 is 1.04 bits per heavy atom. The Balaban J connectivity index is 1.59. The first-order chi connectivity index (χ1) is 12.5. The Morgan fingerprint density at radius 3 is 2.35 bits per heavy atom. The second kappa shape index (κ2) is 8.70. The predicted molar refractivity (Wildman–Crippen MR) is 101 cm³/mol. The van der Waals surface area contributed by atoms with E-state index in [4.69, 9.17) is 4.74 Å². The van der Waals surface area contributed by atoms with Crippen LogP contribution in [0.2, 0.25) is 0 Å². The normalized spacial score (nSPS) is 24.5. The fourth-order valence-corrected chi connectivity index (χ4v) is 4.30. The van der Waals surface area contributed by atoms with Crippen LogP contribution >= 0.6 is 0 Å². The third kappa shape index (κ3) is 4.77. The highest BCUT2D eigenvalue weighted by Gasteiger charge is 2.39. The van der Waals surface area contributed by atoms with Crippen molar-refractivity contribution >= 4 is 11.8 Å². The minimum absolute atomic E-state index is 0.0367. The molecule has 0 bridgehead atoms. The van der Waals surface area contributed by atoms with Gasteiger partial charge in [0, 0.05) is 70.4 Å². The van der Waals surface area contributed by atoms with Gasteiger partial charge in [0.1, 0.15) is 0 Å². The first-order valence-corrected chi connectivity index (χ1v) is 10.3. The zero-order valence-corrected chi connectivity index (χ0v) is 16.7. The molecule has 6 heteroatoms. The molecule has 0 radical (unpaired) electrons. The molecule has 2 saturated heterocycles. The van der Waals surface area contributed by atoms with Crippen molar-refractivity contribution < 1.29 is 14.3 Å². The van der Waals surface area contributed by atoms with E-state index in [2.05, 4.69) is 9.80 Å². The van der Waals surface area contributed by atoms with Gasteiger partial charge in [0.25, 0.3) is 0 Å². The molecule has 0 aromatic rings. The maximum absolute atomic E-state index is 12.4. The summed E-state index contributed by atoms with van der Waals surface area (Å²) < 4.78 is 5.55. The molecular formula is C20H35N3O3. The molecule has 3 aliphatic rings. The summed E-state index contributed by atoms with van der Waals surface area (Å²) in [6, 6.07) is 0.927. The van der Waals surface area contributed by atoms with Gasteiger partial charge >= 0.3 is 0 Å².